The number of nitrogens with zero attached hydrogens (tertiary/aromatic N) is 1. The predicted octanol–water partition coefficient (Wildman–Crippen LogP) is 3.54. The molecule has 0 bridgehead atoms. The average molecular weight is 393 g/mol. The summed E-state index contributed by atoms with van der Waals surface area (Å²) >= 11 is 7.40. The first-order chi connectivity index (χ1) is 11.9. The van der Waals surface area contributed by atoms with Crippen LogP contribution in [-0.4, -0.2) is 20.0 Å². The van der Waals surface area contributed by atoms with Gasteiger partial charge in [-0.2, -0.15) is 0 Å². The van der Waals surface area contributed by atoms with Crippen molar-refractivity contribution in [3.63, 3.8) is 0 Å². The molecule has 0 saturated heterocycles. The number of hydrogen-bond acceptors (Lipinski definition) is 5. The van der Waals surface area contributed by atoms with Crippen molar-refractivity contribution in [1.29, 1.82) is 0 Å². The number of aliphatic imine (C=N–C) groups is 1. The predicted molar refractivity (Wildman–Crippen MR) is 99.5 cm³/mol. The van der Waals surface area contributed by atoms with Crippen molar-refractivity contribution in [3.05, 3.63) is 75.1 Å². The molecule has 1 aromatic heterocycles. The Morgan fingerprint density at radius 2 is 2.00 bits per heavy atom. The van der Waals surface area contributed by atoms with Gasteiger partial charge in [-0.25, -0.2) is 18.1 Å². The molecule has 0 unspecified atom stereocenters. The molecule has 1 aliphatic heterocycles. The quantitative estimate of drug-likeness (QED) is 0.864. The lowest BCUT2D eigenvalue weighted by molar-refractivity contribution is -0.115. The van der Waals surface area contributed by atoms with E-state index in [-0.39, 0.29) is 15.6 Å². The summed E-state index contributed by atoms with van der Waals surface area (Å²) in [7, 11) is -4.08. The van der Waals surface area contributed by atoms with Crippen LogP contribution in [0.5, 0.6) is 0 Å². The van der Waals surface area contributed by atoms with Gasteiger partial charge in [-0.05, 0) is 42.2 Å². The molecular weight excluding hydrogens is 380 g/mol. The van der Waals surface area contributed by atoms with E-state index in [2.05, 4.69) is 4.99 Å². The fourth-order valence-corrected chi connectivity index (χ4v) is 4.49. The van der Waals surface area contributed by atoms with Crippen LogP contribution in [0.1, 0.15) is 11.8 Å². The van der Waals surface area contributed by atoms with E-state index in [1.165, 1.54) is 29.5 Å². The van der Waals surface area contributed by atoms with Crippen molar-refractivity contribution < 1.29 is 13.2 Å². The van der Waals surface area contributed by atoms with E-state index in [9.17, 15) is 13.2 Å². The van der Waals surface area contributed by atoms with Crippen molar-refractivity contribution in [1.82, 2.24) is 4.72 Å². The second-order valence-corrected chi connectivity index (χ2v) is 8.08. The maximum Gasteiger partial charge on any atom is 0.283 e. The smallest absolute Gasteiger partial charge is 0.266 e. The molecule has 25 heavy (non-hydrogen) atoms. The Bertz CT molecular complexity index is 1020. The van der Waals surface area contributed by atoms with E-state index in [0.29, 0.717) is 5.71 Å². The number of benzene rings is 1. The van der Waals surface area contributed by atoms with E-state index >= 15 is 0 Å². The Hall–Kier alpha value is -2.22. The Kier molecular flexibility index (Phi) is 4.89. The van der Waals surface area contributed by atoms with Crippen LogP contribution in [0.3, 0.4) is 0 Å². The summed E-state index contributed by atoms with van der Waals surface area (Å²) in [5.41, 5.74) is 1.45. The fraction of sp³-hybridized carbons (Fsp3) is 0.0588. The zero-order valence-corrected chi connectivity index (χ0v) is 15.5. The third-order valence-electron chi connectivity index (χ3n) is 3.45. The average Bonchev–Trinajstić information content (AvgIpc) is 3.23. The van der Waals surface area contributed by atoms with Crippen LogP contribution in [0, 0.1) is 0 Å². The second-order valence-electron chi connectivity index (χ2n) is 5.08. The van der Waals surface area contributed by atoms with Crippen LogP contribution in [0.15, 0.2) is 75.1 Å². The Morgan fingerprint density at radius 1 is 1.24 bits per heavy atom. The molecule has 1 aliphatic rings. The number of allylic oxidation sites excluding steroid dienone is 3. The van der Waals surface area contributed by atoms with Crippen LogP contribution in [0.4, 0.5) is 0 Å². The fourth-order valence-electron chi connectivity index (χ4n) is 2.27. The van der Waals surface area contributed by atoms with Gasteiger partial charge >= 0.3 is 0 Å². The number of carbonyl (C=O) groups excluding carboxylic acids is 1. The molecule has 1 aromatic carbocycles. The maximum absolute atomic E-state index is 12.4. The number of rotatable bonds is 4. The molecule has 0 spiro atoms. The lowest BCUT2D eigenvalue weighted by atomic mass is 10.1. The minimum absolute atomic E-state index is 0.0344. The van der Waals surface area contributed by atoms with E-state index in [4.69, 9.17) is 11.6 Å². The standard InChI is InChI=1S/C17H13ClN2O3S2/c1-2-11-10-13(19-16(11)14-7-5-9-24-14)17(21)20-25(22,23)15-8-4-3-6-12(15)18/h2-10H,1H3,(H,20,21)/b11-2+. The molecule has 1 N–H and O–H groups in total. The van der Waals surface area contributed by atoms with Crippen LogP contribution in [0.2, 0.25) is 5.02 Å². The van der Waals surface area contributed by atoms with Gasteiger partial charge in [0.2, 0.25) is 0 Å². The normalized spacial score (nSPS) is 15.8. The van der Waals surface area contributed by atoms with Crippen LogP contribution < -0.4 is 4.72 Å². The summed E-state index contributed by atoms with van der Waals surface area (Å²) in [5, 5.41) is 1.95. The molecule has 0 saturated carbocycles. The topological polar surface area (TPSA) is 75.6 Å². The summed E-state index contributed by atoms with van der Waals surface area (Å²) in [6, 6.07) is 9.69. The summed E-state index contributed by atoms with van der Waals surface area (Å²) in [6.45, 7) is 1.83. The molecule has 128 valence electrons. The van der Waals surface area contributed by atoms with Gasteiger partial charge < -0.3 is 0 Å². The number of sulfonamides is 1. The van der Waals surface area contributed by atoms with E-state index in [1.807, 2.05) is 35.2 Å². The second kappa shape index (κ2) is 6.95. The zero-order chi connectivity index (χ0) is 18.0. The monoisotopic (exact) mass is 392 g/mol. The first-order valence-electron chi connectivity index (χ1n) is 7.25. The number of carbonyl (C=O) groups is 1. The molecule has 0 fully saturated rings. The molecule has 2 aromatic rings. The molecule has 0 atom stereocenters. The van der Waals surface area contributed by atoms with Gasteiger partial charge in [0, 0.05) is 0 Å². The highest BCUT2D eigenvalue weighted by Crippen LogP contribution is 2.25. The highest BCUT2D eigenvalue weighted by molar-refractivity contribution is 7.90. The number of nitrogens with one attached hydrogen (secondary N) is 1. The van der Waals surface area contributed by atoms with Gasteiger partial charge in [0.05, 0.1) is 15.6 Å². The first-order valence-corrected chi connectivity index (χ1v) is 9.99. The molecule has 5 nitrogen and oxygen atoms in total. The van der Waals surface area contributed by atoms with Crippen molar-refractivity contribution in [2.45, 2.75) is 11.8 Å². The minimum atomic E-state index is -4.08. The largest absolute Gasteiger partial charge is 0.283 e. The van der Waals surface area contributed by atoms with Gasteiger partial charge in [-0.15, -0.1) is 11.3 Å². The maximum atomic E-state index is 12.4. The van der Waals surface area contributed by atoms with Crippen molar-refractivity contribution >= 4 is 44.6 Å². The summed E-state index contributed by atoms with van der Waals surface area (Å²) in [6.07, 6.45) is 3.38. The molecule has 3 rings (SSSR count). The number of thiophene rings is 1. The van der Waals surface area contributed by atoms with Gasteiger partial charge in [0.15, 0.2) is 0 Å². The van der Waals surface area contributed by atoms with Crippen molar-refractivity contribution in [3.8, 4) is 0 Å². The zero-order valence-electron chi connectivity index (χ0n) is 13.1. The van der Waals surface area contributed by atoms with Crippen molar-refractivity contribution in [2.24, 2.45) is 4.99 Å². The Labute approximate surface area is 154 Å². The van der Waals surface area contributed by atoms with E-state index in [0.717, 1.165) is 10.5 Å². The molecule has 2 heterocycles. The molecule has 0 aliphatic carbocycles. The van der Waals surface area contributed by atoms with Crippen molar-refractivity contribution in [2.75, 3.05) is 0 Å². The molecular formula is C17H13ClN2O3S2. The minimum Gasteiger partial charge on any atom is -0.266 e. The number of halogens is 1. The number of amides is 1. The van der Waals surface area contributed by atoms with Gasteiger partial charge in [0.25, 0.3) is 15.9 Å². The Morgan fingerprint density at radius 3 is 2.64 bits per heavy atom. The molecule has 0 radical (unpaired) electrons. The van der Waals surface area contributed by atoms with Crippen LogP contribution >= 0.6 is 22.9 Å². The molecule has 1 amide bonds. The molecule has 8 heteroatoms. The van der Waals surface area contributed by atoms with E-state index < -0.39 is 15.9 Å². The number of hydrogen-bond donors (Lipinski definition) is 1. The summed E-state index contributed by atoms with van der Waals surface area (Å²) in [4.78, 5) is 17.4. The Balaban J connectivity index is 1.88. The van der Waals surface area contributed by atoms with E-state index in [1.54, 1.807) is 12.1 Å². The van der Waals surface area contributed by atoms with Gasteiger partial charge in [-0.1, -0.05) is 35.9 Å². The summed E-state index contributed by atoms with van der Waals surface area (Å²) < 4.78 is 26.8. The lowest BCUT2D eigenvalue weighted by Crippen LogP contribution is -2.31. The third-order valence-corrected chi connectivity index (χ3v) is 6.16. The third kappa shape index (κ3) is 3.58. The van der Waals surface area contributed by atoms with Crippen LogP contribution in [-0.2, 0) is 14.8 Å². The van der Waals surface area contributed by atoms with Gasteiger partial charge in [-0.3, -0.25) is 4.79 Å². The van der Waals surface area contributed by atoms with Gasteiger partial charge in [0.1, 0.15) is 10.6 Å². The summed E-state index contributed by atoms with van der Waals surface area (Å²) in [5.74, 6) is -0.800. The highest BCUT2D eigenvalue weighted by atomic mass is 35.5. The SMILES string of the molecule is C/C=C1\C=C(C(=O)NS(=O)(=O)c2ccccc2Cl)N=C1c1cccs1. The lowest BCUT2D eigenvalue weighted by Gasteiger charge is -2.07. The highest BCUT2D eigenvalue weighted by Gasteiger charge is 2.26. The van der Waals surface area contributed by atoms with Crippen LogP contribution in [0.25, 0.3) is 0 Å². The first kappa shape index (κ1) is 17.6.